The molecule has 0 fully saturated rings. The van der Waals surface area contributed by atoms with Crippen LogP contribution in [0.25, 0.3) is 44.1 Å². The van der Waals surface area contributed by atoms with Gasteiger partial charge in [0, 0.05) is 30.4 Å². The predicted octanol–water partition coefficient (Wildman–Crippen LogP) is 8.39. The van der Waals surface area contributed by atoms with Crippen LogP contribution in [0, 0.1) is 13.8 Å². The van der Waals surface area contributed by atoms with Crippen molar-refractivity contribution in [3.8, 4) is 33.8 Å². The Morgan fingerprint density at radius 3 is 1.62 bits per heavy atom. The van der Waals surface area contributed by atoms with E-state index in [1.807, 2.05) is 29.4 Å². The highest BCUT2D eigenvalue weighted by Gasteiger charge is 2.32. The summed E-state index contributed by atoms with van der Waals surface area (Å²) in [6.07, 6.45) is 3.90. The van der Waals surface area contributed by atoms with Crippen LogP contribution in [0.3, 0.4) is 0 Å². The maximum atomic E-state index is 13.3. The van der Waals surface area contributed by atoms with Gasteiger partial charge < -0.3 is 14.7 Å². The summed E-state index contributed by atoms with van der Waals surface area (Å²) in [5.41, 5.74) is 10.2. The second-order valence-electron chi connectivity index (χ2n) is 9.69. The molecule has 0 radical (unpaired) electrons. The molecule has 0 saturated carbocycles. The summed E-state index contributed by atoms with van der Waals surface area (Å²) in [6.45, 7) is 5.76. The largest absolute Gasteiger partial charge is 0.453 e. The van der Waals surface area contributed by atoms with Crippen LogP contribution in [0.1, 0.15) is 18.1 Å². The van der Waals surface area contributed by atoms with Crippen molar-refractivity contribution >= 4 is 39.1 Å². The number of nitrogens with one attached hydrogen (secondary N) is 2. The van der Waals surface area contributed by atoms with E-state index in [1.54, 1.807) is 6.92 Å². The Hall–Kier alpha value is -4.77. The highest BCUT2D eigenvalue weighted by molar-refractivity contribution is 6.07. The van der Waals surface area contributed by atoms with Crippen LogP contribution in [0.15, 0.2) is 85.2 Å². The Kier molecular flexibility index (Phi) is 4.57. The third kappa shape index (κ3) is 3.21. The summed E-state index contributed by atoms with van der Waals surface area (Å²) in [5, 5.41) is 2.30. The number of carbonyl (C=O) groups excluding carboxylic acids is 1. The van der Waals surface area contributed by atoms with Gasteiger partial charge in [0.1, 0.15) is 0 Å². The van der Waals surface area contributed by atoms with E-state index >= 15 is 0 Å². The fourth-order valence-corrected chi connectivity index (χ4v) is 5.68. The molecule has 4 aromatic carbocycles. The molecular weight excluding hydrogens is 458 g/mol. The molecule has 0 atom stereocenters. The van der Waals surface area contributed by atoms with Gasteiger partial charge in [0.05, 0.1) is 11.4 Å². The molecule has 5 heteroatoms. The van der Waals surface area contributed by atoms with E-state index in [0.29, 0.717) is 11.5 Å². The Balaban J connectivity index is 1.41. The van der Waals surface area contributed by atoms with Gasteiger partial charge in [-0.3, -0.25) is 9.69 Å². The summed E-state index contributed by atoms with van der Waals surface area (Å²) < 4.78 is 6.41. The predicted molar refractivity (Wildman–Crippen MR) is 150 cm³/mol. The summed E-state index contributed by atoms with van der Waals surface area (Å²) in [7, 11) is 0. The van der Waals surface area contributed by atoms with Crippen LogP contribution in [0.4, 0.5) is 11.4 Å². The van der Waals surface area contributed by atoms with Crippen molar-refractivity contribution in [2.24, 2.45) is 0 Å². The lowest BCUT2D eigenvalue weighted by Gasteiger charge is -2.34. The third-order valence-corrected chi connectivity index (χ3v) is 7.50. The van der Waals surface area contributed by atoms with Crippen LogP contribution >= 0.6 is 0 Å². The van der Waals surface area contributed by atoms with Gasteiger partial charge in [-0.05, 0) is 107 Å². The zero-order valence-corrected chi connectivity index (χ0v) is 20.8. The molecule has 3 heterocycles. The van der Waals surface area contributed by atoms with Gasteiger partial charge in [-0.1, -0.05) is 24.3 Å². The Labute approximate surface area is 214 Å². The quantitative estimate of drug-likeness (QED) is 0.260. The maximum Gasteiger partial charge on any atom is 0.228 e. The number of hydrogen-bond acceptors (Lipinski definition) is 2. The van der Waals surface area contributed by atoms with Crippen molar-refractivity contribution < 1.29 is 9.53 Å². The van der Waals surface area contributed by atoms with Crippen molar-refractivity contribution in [2.45, 2.75) is 20.8 Å². The number of benzene rings is 4. The highest BCUT2D eigenvalue weighted by Crippen LogP contribution is 2.53. The van der Waals surface area contributed by atoms with Gasteiger partial charge in [-0.25, -0.2) is 0 Å². The van der Waals surface area contributed by atoms with Crippen molar-refractivity contribution in [1.82, 2.24) is 9.97 Å². The molecule has 0 spiro atoms. The molecule has 0 unspecified atom stereocenters. The van der Waals surface area contributed by atoms with Crippen molar-refractivity contribution in [2.75, 3.05) is 4.90 Å². The first-order valence-corrected chi connectivity index (χ1v) is 12.4. The second kappa shape index (κ2) is 7.87. The minimum atomic E-state index is -0.0477. The summed E-state index contributed by atoms with van der Waals surface area (Å²) >= 11 is 0. The summed E-state index contributed by atoms with van der Waals surface area (Å²) in [4.78, 5) is 21.6. The van der Waals surface area contributed by atoms with E-state index in [4.69, 9.17) is 4.74 Å². The number of amides is 1. The number of hydrogen-bond donors (Lipinski definition) is 2. The standard InChI is InChI=1S/C32H25N3O2/c1-18-25(21-4-8-27-23(16-21)12-14-33-27)6-10-29-31(18)35(20(3)36)32-19(2)26(7-11-30(32)37-29)22-5-9-28-24(17-22)13-15-34-28/h4-17,33-34H,1-3H3. The van der Waals surface area contributed by atoms with Gasteiger partial charge in [-0.2, -0.15) is 0 Å². The van der Waals surface area contributed by atoms with Gasteiger partial charge in [-0.15, -0.1) is 0 Å². The van der Waals surface area contributed by atoms with E-state index in [2.05, 4.69) is 84.5 Å². The second-order valence-corrected chi connectivity index (χ2v) is 9.69. The molecule has 180 valence electrons. The molecule has 1 aliphatic heterocycles. The normalized spacial score (nSPS) is 12.5. The molecule has 1 amide bonds. The SMILES string of the molecule is CC(=O)N1c2c(ccc(-c3ccc4[nH]ccc4c3)c2C)Oc2ccc(-c3ccc4[nH]ccc4c3)c(C)c21. The molecule has 2 aromatic heterocycles. The lowest BCUT2D eigenvalue weighted by Crippen LogP contribution is -2.28. The van der Waals surface area contributed by atoms with E-state index in [1.165, 1.54) is 0 Å². The average Bonchev–Trinajstić information content (AvgIpc) is 3.56. The minimum Gasteiger partial charge on any atom is -0.453 e. The topological polar surface area (TPSA) is 61.1 Å². The summed E-state index contributed by atoms with van der Waals surface area (Å²) in [6, 6.07) is 25.0. The molecular formula is C32H25N3O2. The number of H-pyrrole nitrogens is 2. The fraction of sp³-hybridized carbons (Fsp3) is 0.0938. The molecule has 0 bridgehead atoms. The Bertz CT molecular complexity index is 1750. The highest BCUT2D eigenvalue weighted by atomic mass is 16.5. The first-order valence-electron chi connectivity index (χ1n) is 12.4. The zero-order chi connectivity index (χ0) is 25.3. The Morgan fingerprint density at radius 1 is 0.676 bits per heavy atom. The Morgan fingerprint density at radius 2 is 1.16 bits per heavy atom. The van der Waals surface area contributed by atoms with E-state index in [-0.39, 0.29) is 5.91 Å². The smallest absolute Gasteiger partial charge is 0.228 e. The van der Waals surface area contributed by atoms with Crippen LogP contribution < -0.4 is 9.64 Å². The molecule has 37 heavy (non-hydrogen) atoms. The van der Waals surface area contributed by atoms with E-state index in [0.717, 1.165) is 66.6 Å². The number of rotatable bonds is 2. The van der Waals surface area contributed by atoms with Crippen LogP contribution in [0.2, 0.25) is 0 Å². The lowest BCUT2D eigenvalue weighted by molar-refractivity contribution is -0.115. The monoisotopic (exact) mass is 483 g/mol. The van der Waals surface area contributed by atoms with Crippen LogP contribution in [0.5, 0.6) is 11.5 Å². The van der Waals surface area contributed by atoms with Gasteiger partial charge >= 0.3 is 0 Å². The van der Waals surface area contributed by atoms with Crippen LogP contribution in [-0.4, -0.2) is 15.9 Å². The number of carbonyl (C=O) groups is 1. The summed E-state index contributed by atoms with van der Waals surface area (Å²) in [5.74, 6) is 1.33. The number of anilines is 2. The number of aromatic amines is 2. The maximum absolute atomic E-state index is 13.3. The van der Waals surface area contributed by atoms with Crippen LogP contribution in [-0.2, 0) is 4.79 Å². The lowest BCUT2D eigenvalue weighted by atomic mass is 9.93. The number of nitrogens with zero attached hydrogens (tertiary/aromatic N) is 1. The van der Waals surface area contributed by atoms with Gasteiger partial charge in [0.2, 0.25) is 5.91 Å². The molecule has 5 nitrogen and oxygen atoms in total. The van der Waals surface area contributed by atoms with Gasteiger partial charge in [0.25, 0.3) is 0 Å². The van der Waals surface area contributed by atoms with E-state index < -0.39 is 0 Å². The number of fused-ring (bicyclic) bond motifs is 4. The molecule has 0 aliphatic carbocycles. The molecule has 0 saturated heterocycles. The molecule has 7 rings (SSSR count). The molecule has 2 N–H and O–H groups in total. The van der Waals surface area contributed by atoms with Crippen molar-refractivity contribution in [3.05, 3.63) is 96.3 Å². The van der Waals surface area contributed by atoms with Crippen molar-refractivity contribution in [1.29, 1.82) is 0 Å². The minimum absolute atomic E-state index is 0.0477. The third-order valence-electron chi connectivity index (χ3n) is 7.50. The zero-order valence-electron chi connectivity index (χ0n) is 20.8. The molecule has 6 aromatic rings. The van der Waals surface area contributed by atoms with Crippen molar-refractivity contribution in [3.63, 3.8) is 0 Å². The fourth-order valence-electron chi connectivity index (χ4n) is 5.68. The van der Waals surface area contributed by atoms with Gasteiger partial charge in [0.15, 0.2) is 11.5 Å². The number of aromatic nitrogens is 2. The molecule has 1 aliphatic rings. The first kappa shape index (κ1) is 21.5. The average molecular weight is 484 g/mol. The van der Waals surface area contributed by atoms with E-state index in [9.17, 15) is 4.79 Å². The number of ether oxygens (including phenoxy) is 1. The first-order chi connectivity index (χ1) is 18.0.